The van der Waals surface area contributed by atoms with Crippen LogP contribution in [0.2, 0.25) is 5.02 Å². The summed E-state index contributed by atoms with van der Waals surface area (Å²) in [6, 6.07) is 18.5. The first kappa shape index (κ1) is 25.7. The highest BCUT2D eigenvalue weighted by Crippen LogP contribution is 2.33. The number of benzene rings is 3. The number of rotatable bonds is 7. The van der Waals surface area contributed by atoms with Gasteiger partial charge in [-0.05, 0) is 36.8 Å². The molecule has 0 aliphatic heterocycles. The number of hydrogen-bond acceptors (Lipinski definition) is 6. The molecule has 0 aliphatic rings. The molecule has 0 atom stereocenters. The Balaban J connectivity index is 1.52. The van der Waals surface area contributed by atoms with E-state index in [4.69, 9.17) is 16.3 Å². The van der Waals surface area contributed by atoms with Crippen LogP contribution < -0.4 is 10.1 Å². The Kier molecular flexibility index (Phi) is 6.90. The van der Waals surface area contributed by atoms with Gasteiger partial charge in [0.1, 0.15) is 22.8 Å². The zero-order chi connectivity index (χ0) is 27.7. The van der Waals surface area contributed by atoms with Crippen molar-refractivity contribution in [1.82, 2.24) is 14.6 Å². The highest BCUT2D eigenvalue weighted by Gasteiger charge is 2.22. The van der Waals surface area contributed by atoms with Crippen molar-refractivity contribution in [3.63, 3.8) is 0 Å². The fourth-order valence-electron chi connectivity index (χ4n) is 3.93. The number of hydrogen-bond donors (Lipinski definition) is 1. The van der Waals surface area contributed by atoms with Crippen molar-refractivity contribution in [3.05, 3.63) is 111 Å². The van der Waals surface area contributed by atoms with Gasteiger partial charge in [-0.15, -0.1) is 0 Å². The average Bonchev–Trinajstić information content (AvgIpc) is 3.34. The van der Waals surface area contributed by atoms with Crippen molar-refractivity contribution >= 4 is 34.5 Å². The van der Waals surface area contributed by atoms with Gasteiger partial charge in [-0.2, -0.15) is 5.10 Å². The predicted molar refractivity (Wildman–Crippen MR) is 141 cm³/mol. The normalized spacial score (nSPS) is 11.1. The van der Waals surface area contributed by atoms with E-state index in [2.05, 4.69) is 15.4 Å². The minimum absolute atomic E-state index is 0.0449. The van der Waals surface area contributed by atoms with E-state index < -0.39 is 22.9 Å². The highest BCUT2D eigenvalue weighted by atomic mass is 35.5. The lowest BCUT2D eigenvalue weighted by Crippen LogP contribution is -2.13. The molecule has 5 aromatic rings. The molecule has 3 aromatic carbocycles. The summed E-state index contributed by atoms with van der Waals surface area (Å²) in [6.45, 7) is 1.76. The summed E-state index contributed by atoms with van der Waals surface area (Å²) in [4.78, 5) is 28.6. The molecule has 2 aromatic heterocycles. The maximum atomic E-state index is 13.9. The first-order valence-electron chi connectivity index (χ1n) is 11.5. The molecule has 0 radical (unpaired) electrons. The second kappa shape index (κ2) is 10.5. The lowest BCUT2D eigenvalue weighted by molar-refractivity contribution is -0.384. The lowest BCUT2D eigenvalue weighted by Gasteiger charge is -2.11. The lowest BCUT2D eigenvalue weighted by atomic mass is 10.1. The van der Waals surface area contributed by atoms with Crippen LogP contribution in [-0.2, 0) is 0 Å². The van der Waals surface area contributed by atoms with Crippen molar-refractivity contribution in [2.45, 2.75) is 13.3 Å². The molecule has 0 fully saturated rings. The van der Waals surface area contributed by atoms with E-state index in [9.17, 15) is 23.7 Å². The van der Waals surface area contributed by atoms with E-state index in [1.165, 1.54) is 18.2 Å². The van der Waals surface area contributed by atoms with Crippen LogP contribution in [0.15, 0.2) is 79.0 Å². The number of nitrogens with one attached hydrogen (secondary N) is 1. The number of nitro groups is 1. The van der Waals surface area contributed by atoms with Crippen LogP contribution in [0.3, 0.4) is 0 Å². The van der Waals surface area contributed by atoms with Gasteiger partial charge in [0.25, 0.3) is 18.0 Å². The molecular formula is C27H18ClF2N5O4. The number of halogens is 3. The number of fused-ring (bicyclic) bond motifs is 1. The van der Waals surface area contributed by atoms with Crippen molar-refractivity contribution in [2.24, 2.45) is 0 Å². The van der Waals surface area contributed by atoms with Gasteiger partial charge in [0, 0.05) is 22.7 Å². The largest absolute Gasteiger partial charge is 0.457 e. The Morgan fingerprint density at radius 1 is 1.10 bits per heavy atom. The number of ether oxygens (including phenoxy) is 1. The molecular weight excluding hydrogens is 532 g/mol. The smallest absolute Gasteiger partial charge is 0.280 e. The molecule has 0 unspecified atom stereocenters. The standard InChI is InChI=1S/C27H18ClF2N5O4/c1-15-9-17(28)7-8-24(15)39-20-11-18(10-19(12-20)35(37)38)32-27(36)21-14-31-34-23(25(29)30)13-22(33-26(21)34)16-5-3-2-4-6-16/h2-14,25H,1H3,(H,32,36). The molecule has 1 amide bonds. The van der Waals surface area contributed by atoms with Gasteiger partial charge in [0.15, 0.2) is 5.65 Å². The number of anilines is 1. The average molecular weight is 550 g/mol. The van der Waals surface area contributed by atoms with Crippen LogP contribution in [-0.4, -0.2) is 25.4 Å². The Morgan fingerprint density at radius 2 is 1.87 bits per heavy atom. The summed E-state index contributed by atoms with van der Waals surface area (Å²) >= 11 is 5.99. The molecule has 9 nitrogen and oxygen atoms in total. The number of alkyl halides is 2. The van der Waals surface area contributed by atoms with Crippen LogP contribution in [0.25, 0.3) is 16.9 Å². The first-order valence-corrected chi connectivity index (χ1v) is 11.8. The molecule has 0 aliphatic carbocycles. The minimum Gasteiger partial charge on any atom is -0.457 e. The van der Waals surface area contributed by atoms with Gasteiger partial charge >= 0.3 is 0 Å². The summed E-state index contributed by atoms with van der Waals surface area (Å²) in [5.74, 6) is -0.247. The number of nitrogens with zero attached hydrogens (tertiary/aromatic N) is 4. The molecule has 12 heteroatoms. The first-order chi connectivity index (χ1) is 18.7. The van der Waals surface area contributed by atoms with Crippen molar-refractivity contribution in [3.8, 4) is 22.8 Å². The Labute approximate surface area is 224 Å². The topological polar surface area (TPSA) is 112 Å². The Morgan fingerprint density at radius 3 is 2.56 bits per heavy atom. The van der Waals surface area contributed by atoms with Crippen LogP contribution in [0.1, 0.15) is 28.0 Å². The maximum Gasteiger partial charge on any atom is 0.280 e. The molecule has 39 heavy (non-hydrogen) atoms. The van der Waals surface area contributed by atoms with E-state index in [1.54, 1.807) is 55.5 Å². The zero-order valence-electron chi connectivity index (χ0n) is 20.1. The van der Waals surface area contributed by atoms with Gasteiger partial charge in [0.2, 0.25) is 0 Å². The van der Waals surface area contributed by atoms with Gasteiger partial charge in [-0.25, -0.2) is 18.3 Å². The van der Waals surface area contributed by atoms with Crippen LogP contribution in [0, 0.1) is 17.0 Å². The Hall–Kier alpha value is -4.90. The van der Waals surface area contributed by atoms with E-state index in [1.807, 2.05) is 0 Å². The number of nitro benzene ring substituents is 1. The summed E-state index contributed by atoms with van der Waals surface area (Å²) in [7, 11) is 0. The molecule has 5 rings (SSSR count). The van der Waals surface area contributed by atoms with E-state index in [0.717, 1.165) is 16.8 Å². The van der Waals surface area contributed by atoms with Crippen molar-refractivity contribution < 1.29 is 23.2 Å². The Bertz CT molecular complexity index is 1730. The number of non-ortho nitro benzene ring substituents is 1. The van der Waals surface area contributed by atoms with Crippen LogP contribution in [0.5, 0.6) is 11.5 Å². The molecule has 0 saturated carbocycles. The summed E-state index contributed by atoms with van der Waals surface area (Å²) in [6.07, 6.45) is -1.77. The predicted octanol–water partition coefficient (Wildman–Crippen LogP) is 7.25. The monoisotopic (exact) mass is 549 g/mol. The number of carbonyl (C=O) groups excluding carboxylic acids is 1. The number of amides is 1. The molecule has 2 heterocycles. The fourth-order valence-corrected chi connectivity index (χ4v) is 4.16. The second-order valence-corrected chi connectivity index (χ2v) is 8.90. The summed E-state index contributed by atoms with van der Waals surface area (Å²) in [5.41, 5.74) is 0.579. The molecule has 1 N–H and O–H groups in total. The van der Waals surface area contributed by atoms with Crippen LogP contribution in [0.4, 0.5) is 20.2 Å². The van der Waals surface area contributed by atoms with Gasteiger partial charge in [0.05, 0.1) is 28.6 Å². The molecule has 0 saturated heterocycles. The molecule has 196 valence electrons. The van der Waals surface area contributed by atoms with E-state index >= 15 is 0 Å². The highest BCUT2D eigenvalue weighted by molar-refractivity contribution is 6.30. The van der Waals surface area contributed by atoms with Crippen molar-refractivity contribution in [2.75, 3.05) is 5.32 Å². The zero-order valence-corrected chi connectivity index (χ0v) is 20.9. The van der Waals surface area contributed by atoms with Gasteiger partial charge < -0.3 is 10.1 Å². The number of aromatic nitrogens is 3. The second-order valence-electron chi connectivity index (χ2n) is 8.47. The third-order valence-corrected chi connectivity index (χ3v) is 6.00. The third-order valence-electron chi connectivity index (χ3n) is 5.76. The summed E-state index contributed by atoms with van der Waals surface area (Å²) in [5, 5.41) is 18.6. The SMILES string of the molecule is Cc1cc(Cl)ccc1Oc1cc(NC(=O)c2cnn3c(C(F)F)cc(-c4ccccc4)nc23)cc([N+](=O)[O-])c1. The number of aryl methyl sites for hydroxylation is 1. The minimum atomic E-state index is -2.89. The maximum absolute atomic E-state index is 13.9. The fraction of sp³-hybridized carbons (Fsp3) is 0.0741. The summed E-state index contributed by atoms with van der Waals surface area (Å²) < 4.78 is 34.5. The van der Waals surface area contributed by atoms with E-state index in [-0.39, 0.29) is 34.0 Å². The van der Waals surface area contributed by atoms with Crippen molar-refractivity contribution in [1.29, 1.82) is 0 Å². The quantitative estimate of drug-likeness (QED) is 0.169. The molecule has 0 bridgehead atoms. The van der Waals surface area contributed by atoms with Gasteiger partial charge in [-0.1, -0.05) is 41.9 Å². The van der Waals surface area contributed by atoms with E-state index in [0.29, 0.717) is 21.9 Å². The number of carbonyl (C=O) groups is 1. The van der Waals surface area contributed by atoms with Crippen LogP contribution >= 0.6 is 11.6 Å². The van der Waals surface area contributed by atoms with Gasteiger partial charge in [-0.3, -0.25) is 14.9 Å². The molecule has 0 spiro atoms. The third kappa shape index (κ3) is 5.39.